The number of allylic oxidation sites excluding steroid dienone is 7. The van der Waals surface area contributed by atoms with E-state index in [1.165, 1.54) is 55.8 Å². The van der Waals surface area contributed by atoms with Crippen LogP contribution in [0.1, 0.15) is 74.3 Å². The Balaban J connectivity index is 1.63. The molecule has 4 aromatic rings. The smallest absolute Gasteiger partial charge is 0.116 e. The molecule has 0 spiro atoms. The normalized spacial score (nSPS) is 17.0. The van der Waals surface area contributed by atoms with Gasteiger partial charge in [0, 0.05) is 33.6 Å². The summed E-state index contributed by atoms with van der Waals surface area (Å²) in [7, 11) is 6.97. The number of hydrogen-bond acceptors (Lipinski definition) is 2. The minimum Gasteiger partial charge on any atom is -0.398 e. The van der Waals surface area contributed by atoms with Crippen LogP contribution in [-0.2, 0) is 5.41 Å². The second-order valence-corrected chi connectivity index (χ2v) is 13.9. The minimum atomic E-state index is -0.135. The molecule has 0 saturated heterocycles. The molecule has 0 atom stereocenters. The van der Waals surface area contributed by atoms with Gasteiger partial charge in [-0.2, -0.15) is 0 Å². The summed E-state index contributed by atoms with van der Waals surface area (Å²) in [4.78, 5) is 2.46. The highest BCUT2D eigenvalue weighted by molar-refractivity contribution is 6.36. The third-order valence-electron chi connectivity index (χ3n) is 10.4. The fourth-order valence-electron chi connectivity index (χ4n) is 7.94. The second-order valence-electron chi connectivity index (χ2n) is 13.9. The molecule has 2 nitrogen and oxygen atoms in total. The first-order chi connectivity index (χ1) is 22.1. The molecule has 46 heavy (non-hydrogen) atoms. The molecular weight excluding hydrogens is 555 g/mol. The summed E-state index contributed by atoms with van der Waals surface area (Å²) in [6.07, 6.45) is 13.5. The van der Waals surface area contributed by atoms with E-state index in [-0.39, 0.29) is 5.41 Å². The zero-order chi connectivity index (χ0) is 32.3. The molecule has 3 aliphatic rings. The van der Waals surface area contributed by atoms with Crippen molar-refractivity contribution < 1.29 is 0 Å². The van der Waals surface area contributed by atoms with E-state index in [4.69, 9.17) is 13.6 Å². The van der Waals surface area contributed by atoms with Crippen molar-refractivity contribution in [3.8, 4) is 22.3 Å². The van der Waals surface area contributed by atoms with E-state index in [9.17, 15) is 0 Å². The molecule has 228 valence electrons. The monoisotopic (exact) mass is 598 g/mol. The van der Waals surface area contributed by atoms with E-state index in [1.54, 1.807) is 0 Å². The highest BCUT2D eigenvalue weighted by Crippen LogP contribution is 2.54. The largest absolute Gasteiger partial charge is 0.398 e. The van der Waals surface area contributed by atoms with Gasteiger partial charge in [0.05, 0.1) is 5.69 Å². The van der Waals surface area contributed by atoms with E-state index in [2.05, 4.69) is 131 Å². The van der Waals surface area contributed by atoms with Crippen LogP contribution in [0, 0.1) is 20.8 Å². The number of benzene rings is 4. The molecule has 1 aliphatic heterocycles. The van der Waals surface area contributed by atoms with Crippen molar-refractivity contribution in [2.24, 2.45) is 0 Å². The standard InChI is InChI=1S/C43H43BN2/c1-26-18-21-30(22-19-26)40-32(41-36(45)23-20-29(4)39(41)31-13-8-7-12-28(31)3)24-27(2)25-38(40)46-37-17-10-9-14-33(37)43(5,6)34-15-11-16-35(44)42(34)46/h8,10-11,13,15-25H,7,9,12,14,45H2,1-6H3. The van der Waals surface area contributed by atoms with Gasteiger partial charge in [-0.15, -0.1) is 0 Å². The molecular formula is C43H43BN2. The zero-order valence-corrected chi connectivity index (χ0v) is 28.1. The number of aryl methyl sites for hydroxylation is 3. The second kappa shape index (κ2) is 11.4. The number of nitrogens with zero attached hydrogens (tertiary/aromatic N) is 1. The van der Waals surface area contributed by atoms with Gasteiger partial charge in [-0.05, 0) is 116 Å². The lowest BCUT2D eigenvalue weighted by Gasteiger charge is -2.46. The molecule has 0 bridgehead atoms. The number of para-hydroxylation sites is 1. The van der Waals surface area contributed by atoms with Crippen molar-refractivity contribution in [2.75, 3.05) is 10.6 Å². The van der Waals surface area contributed by atoms with Crippen molar-refractivity contribution in [3.05, 3.63) is 136 Å². The first-order valence-corrected chi connectivity index (χ1v) is 16.6. The Labute approximate surface area is 276 Å². The lowest BCUT2D eigenvalue weighted by molar-refractivity contribution is 0.571. The summed E-state index contributed by atoms with van der Waals surface area (Å²) in [5, 5.41) is 0. The fraction of sp³-hybridized carbons (Fsp3) is 0.256. The van der Waals surface area contributed by atoms with Crippen LogP contribution < -0.4 is 16.1 Å². The van der Waals surface area contributed by atoms with Crippen LogP contribution in [0.3, 0.4) is 0 Å². The molecule has 0 amide bonds. The van der Waals surface area contributed by atoms with Gasteiger partial charge in [-0.25, -0.2) is 0 Å². The first kappa shape index (κ1) is 30.2. The van der Waals surface area contributed by atoms with Gasteiger partial charge in [0.2, 0.25) is 0 Å². The van der Waals surface area contributed by atoms with Crippen molar-refractivity contribution in [1.29, 1.82) is 0 Å². The van der Waals surface area contributed by atoms with E-state index < -0.39 is 0 Å². The van der Waals surface area contributed by atoms with Crippen molar-refractivity contribution >= 4 is 35.9 Å². The highest BCUT2D eigenvalue weighted by Gasteiger charge is 2.40. The van der Waals surface area contributed by atoms with Gasteiger partial charge in [0.1, 0.15) is 7.85 Å². The van der Waals surface area contributed by atoms with E-state index in [0.29, 0.717) is 0 Å². The van der Waals surface area contributed by atoms with Crippen LogP contribution >= 0.6 is 0 Å². The summed E-state index contributed by atoms with van der Waals surface area (Å²) in [6.45, 7) is 13.6. The van der Waals surface area contributed by atoms with Crippen molar-refractivity contribution in [1.82, 2.24) is 0 Å². The SMILES string of the molecule is [B]c1cccc2c1N(c1cc(C)cc(-c3c(N)ccc(C)c3C3=C(C)CCC=C3)c1-c1ccc(C)cc1)C1=C(CCC=C1)C2(C)C. The quantitative estimate of drug-likeness (QED) is 0.187. The van der Waals surface area contributed by atoms with Crippen molar-refractivity contribution in [2.45, 2.75) is 72.6 Å². The number of anilines is 3. The van der Waals surface area contributed by atoms with E-state index >= 15 is 0 Å². The number of nitrogen functional groups attached to an aromatic ring is 1. The maximum Gasteiger partial charge on any atom is 0.116 e. The Bertz CT molecular complexity index is 2020. The summed E-state index contributed by atoms with van der Waals surface area (Å²) >= 11 is 0. The zero-order valence-electron chi connectivity index (χ0n) is 28.1. The van der Waals surface area contributed by atoms with Crippen LogP contribution in [0.25, 0.3) is 27.8 Å². The molecule has 4 aromatic carbocycles. The van der Waals surface area contributed by atoms with Gasteiger partial charge in [-0.3, -0.25) is 0 Å². The van der Waals surface area contributed by atoms with Gasteiger partial charge in [0.15, 0.2) is 0 Å². The average Bonchev–Trinajstić information content (AvgIpc) is 3.03. The fourth-order valence-corrected chi connectivity index (χ4v) is 7.94. The highest BCUT2D eigenvalue weighted by atomic mass is 15.2. The molecule has 2 radical (unpaired) electrons. The summed E-state index contributed by atoms with van der Waals surface area (Å²) in [6, 6.07) is 24.3. The molecule has 0 aromatic heterocycles. The van der Waals surface area contributed by atoms with Crippen LogP contribution in [0.4, 0.5) is 17.1 Å². The topological polar surface area (TPSA) is 29.3 Å². The predicted molar refractivity (Wildman–Crippen MR) is 199 cm³/mol. The van der Waals surface area contributed by atoms with Crippen LogP contribution in [0.5, 0.6) is 0 Å². The molecule has 0 unspecified atom stereocenters. The molecule has 2 N–H and O–H groups in total. The number of rotatable bonds is 4. The van der Waals surface area contributed by atoms with E-state index in [0.717, 1.165) is 64.9 Å². The number of fused-ring (bicyclic) bond motifs is 1. The first-order valence-electron chi connectivity index (χ1n) is 16.6. The summed E-state index contributed by atoms with van der Waals surface area (Å²) < 4.78 is 0. The molecule has 0 fully saturated rings. The lowest BCUT2D eigenvalue weighted by Crippen LogP contribution is -2.38. The molecule has 3 heteroatoms. The molecule has 1 heterocycles. The summed E-state index contributed by atoms with van der Waals surface area (Å²) in [5.41, 5.74) is 26.8. The third kappa shape index (κ3) is 4.80. The van der Waals surface area contributed by atoms with Gasteiger partial charge < -0.3 is 10.6 Å². The Morgan fingerprint density at radius 1 is 0.761 bits per heavy atom. The Kier molecular flexibility index (Phi) is 7.47. The Hall–Kier alpha value is -4.50. The van der Waals surface area contributed by atoms with Crippen LogP contribution in [0.15, 0.2) is 108 Å². The summed E-state index contributed by atoms with van der Waals surface area (Å²) in [5.74, 6) is 0. The molecule has 7 rings (SSSR count). The maximum absolute atomic E-state index is 7.07. The van der Waals surface area contributed by atoms with Crippen LogP contribution in [-0.4, -0.2) is 7.85 Å². The third-order valence-corrected chi connectivity index (χ3v) is 10.4. The Morgan fingerprint density at radius 2 is 1.50 bits per heavy atom. The van der Waals surface area contributed by atoms with Crippen molar-refractivity contribution in [3.63, 3.8) is 0 Å². The number of hydrogen-bond donors (Lipinski definition) is 1. The molecule has 0 saturated carbocycles. The minimum absolute atomic E-state index is 0.135. The lowest BCUT2D eigenvalue weighted by atomic mass is 9.68. The van der Waals surface area contributed by atoms with Gasteiger partial charge >= 0.3 is 0 Å². The van der Waals surface area contributed by atoms with Crippen LogP contribution in [0.2, 0.25) is 0 Å². The Morgan fingerprint density at radius 3 is 2.26 bits per heavy atom. The van der Waals surface area contributed by atoms with Gasteiger partial charge in [-0.1, -0.05) is 103 Å². The number of nitrogens with two attached hydrogens (primary N) is 1. The van der Waals surface area contributed by atoms with E-state index in [1.807, 2.05) is 6.07 Å². The average molecular weight is 599 g/mol. The maximum atomic E-state index is 7.07. The van der Waals surface area contributed by atoms with Gasteiger partial charge in [0.25, 0.3) is 0 Å². The predicted octanol–water partition coefficient (Wildman–Crippen LogP) is 10.5. The molecule has 2 aliphatic carbocycles.